The monoisotopic (exact) mass is 636 g/mol. The summed E-state index contributed by atoms with van der Waals surface area (Å²) in [6, 6.07) is 21.3. The average molecular weight is 637 g/mol. The van der Waals surface area contributed by atoms with Crippen molar-refractivity contribution in [2.75, 3.05) is 112 Å². The fourth-order valence-corrected chi connectivity index (χ4v) is 9.24. The van der Waals surface area contributed by atoms with Crippen LogP contribution in [-0.4, -0.2) is 121 Å². The molecule has 0 aliphatic rings. The smallest absolute Gasteiger partial charge is 0.261 e. The second-order valence-electron chi connectivity index (χ2n) is 11.0. The first-order valence-corrected chi connectivity index (χ1v) is 17.8. The topological polar surface area (TPSA) is 83.1 Å². The molecule has 0 atom stereocenters. The summed E-state index contributed by atoms with van der Waals surface area (Å²) in [5.41, 5.74) is 0. The molecule has 0 fully saturated rings. The van der Waals surface area contributed by atoms with E-state index in [1.807, 2.05) is 6.92 Å². The van der Waals surface area contributed by atoms with Gasteiger partial charge < -0.3 is 42.3 Å². The van der Waals surface area contributed by atoms with Crippen LogP contribution in [0.15, 0.2) is 60.7 Å². The van der Waals surface area contributed by atoms with Gasteiger partial charge in [0.1, 0.15) is 0 Å². The van der Waals surface area contributed by atoms with E-state index in [1.54, 1.807) is 0 Å². The molecule has 0 bridgehead atoms. The Labute approximate surface area is 266 Å². The molecule has 0 saturated carbocycles. The number of ether oxygens (including phenoxy) is 8. The highest BCUT2D eigenvalue weighted by Gasteiger charge is 2.49. The van der Waals surface area contributed by atoms with Gasteiger partial charge in [0.25, 0.3) is 8.32 Å². The quantitative estimate of drug-likeness (QED) is 0.103. The van der Waals surface area contributed by atoms with Crippen molar-refractivity contribution < 1.29 is 42.3 Å². The molecule has 44 heavy (non-hydrogen) atoms. The molecule has 9 nitrogen and oxygen atoms in total. The Hall–Kier alpha value is -1.70. The largest absolute Gasteiger partial charge is 0.405 e. The van der Waals surface area contributed by atoms with Crippen molar-refractivity contribution in [3.63, 3.8) is 0 Å². The van der Waals surface area contributed by atoms with Crippen molar-refractivity contribution >= 4 is 18.7 Å². The van der Waals surface area contributed by atoms with E-state index in [0.29, 0.717) is 112 Å². The molecule has 2 aromatic rings. The zero-order chi connectivity index (χ0) is 31.6. The molecule has 0 heterocycles. The summed E-state index contributed by atoms with van der Waals surface area (Å²) in [5, 5.41) is 2.50. The third kappa shape index (κ3) is 15.5. The van der Waals surface area contributed by atoms with E-state index in [1.165, 1.54) is 10.4 Å². The van der Waals surface area contributed by atoms with Crippen LogP contribution in [0.1, 0.15) is 27.7 Å². The van der Waals surface area contributed by atoms with Crippen molar-refractivity contribution in [2.45, 2.75) is 32.7 Å². The molecule has 0 N–H and O–H groups in total. The zero-order valence-corrected chi connectivity index (χ0v) is 28.5. The van der Waals surface area contributed by atoms with E-state index in [-0.39, 0.29) is 5.04 Å². The van der Waals surface area contributed by atoms with Gasteiger partial charge >= 0.3 is 0 Å². The maximum Gasteiger partial charge on any atom is 0.261 e. The molecular weight excluding hydrogens is 580 g/mol. The molecule has 2 aromatic carbocycles. The van der Waals surface area contributed by atoms with Crippen LogP contribution in [0, 0.1) is 0 Å². The highest BCUT2D eigenvalue weighted by molar-refractivity contribution is 6.99. The Morgan fingerprint density at radius 3 is 0.955 bits per heavy atom. The first-order valence-electron chi connectivity index (χ1n) is 15.9. The second-order valence-corrected chi connectivity index (χ2v) is 15.3. The van der Waals surface area contributed by atoms with Crippen LogP contribution in [0.25, 0.3) is 0 Å². The third-order valence-electron chi connectivity index (χ3n) is 6.77. The van der Waals surface area contributed by atoms with Gasteiger partial charge in [0.2, 0.25) is 0 Å². The molecule has 0 saturated heterocycles. The zero-order valence-electron chi connectivity index (χ0n) is 27.5. The lowest BCUT2D eigenvalue weighted by Gasteiger charge is -2.43. The molecule has 0 unspecified atom stereocenters. The van der Waals surface area contributed by atoms with Crippen molar-refractivity contribution in [3.8, 4) is 0 Å². The lowest BCUT2D eigenvalue weighted by molar-refractivity contribution is -0.0234. The Morgan fingerprint density at radius 2 is 0.682 bits per heavy atom. The van der Waals surface area contributed by atoms with Gasteiger partial charge in [0, 0.05) is 6.61 Å². The molecule has 0 amide bonds. The summed E-state index contributed by atoms with van der Waals surface area (Å²) in [6.07, 6.45) is 0. The Balaban J connectivity index is 1.43. The van der Waals surface area contributed by atoms with Crippen LogP contribution in [0.5, 0.6) is 0 Å². The minimum atomic E-state index is -2.53. The van der Waals surface area contributed by atoms with Gasteiger partial charge in [-0.2, -0.15) is 0 Å². The molecule has 0 radical (unpaired) electrons. The third-order valence-corrected chi connectivity index (χ3v) is 11.8. The normalized spacial score (nSPS) is 12.2. The van der Waals surface area contributed by atoms with Crippen molar-refractivity contribution in [2.24, 2.45) is 0 Å². The lowest BCUT2D eigenvalue weighted by atomic mass is 10.2. The van der Waals surface area contributed by atoms with Crippen LogP contribution >= 0.6 is 0 Å². The molecule has 250 valence electrons. The number of rotatable bonds is 28. The van der Waals surface area contributed by atoms with Crippen LogP contribution in [0.2, 0.25) is 5.04 Å². The number of hydrogen-bond acceptors (Lipinski definition) is 9. The van der Waals surface area contributed by atoms with Gasteiger partial charge in [0.05, 0.1) is 106 Å². The Morgan fingerprint density at radius 1 is 0.409 bits per heavy atom. The van der Waals surface area contributed by atoms with Gasteiger partial charge in [0.15, 0.2) is 0 Å². The predicted molar refractivity (Wildman–Crippen MR) is 176 cm³/mol. The van der Waals surface area contributed by atoms with E-state index in [4.69, 9.17) is 42.3 Å². The molecule has 0 aromatic heterocycles. The Bertz CT molecular complexity index is 872. The molecule has 2 rings (SSSR count). The van der Waals surface area contributed by atoms with Crippen LogP contribution in [0.3, 0.4) is 0 Å². The summed E-state index contributed by atoms with van der Waals surface area (Å²) in [6.45, 7) is 18.1. The van der Waals surface area contributed by atoms with E-state index < -0.39 is 8.32 Å². The maximum atomic E-state index is 6.84. The second kappa shape index (κ2) is 24.5. The summed E-state index contributed by atoms with van der Waals surface area (Å²) < 4.78 is 50.9. The van der Waals surface area contributed by atoms with Crippen molar-refractivity contribution in [1.82, 2.24) is 0 Å². The van der Waals surface area contributed by atoms with E-state index >= 15 is 0 Å². The SMILES string of the molecule is CCOCCOCCOCCOCCOCCOCCOCCOCCO[Si](c1ccccc1)(c1ccccc1)C(C)(C)C. The summed E-state index contributed by atoms with van der Waals surface area (Å²) in [5.74, 6) is 0. The highest BCUT2D eigenvalue weighted by atomic mass is 28.4. The van der Waals surface area contributed by atoms with E-state index in [2.05, 4.69) is 81.4 Å². The number of benzene rings is 2. The minimum absolute atomic E-state index is 0.0484. The fourth-order valence-electron chi connectivity index (χ4n) is 4.70. The van der Waals surface area contributed by atoms with E-state index in [0.717, 1.165) is 0 Å². The molecular formula is C34H56O9Si. The molecule has 0 aliphatic carbocycles. The lowest BCUT2D eigenvalue weighted by Crippen LogP contribution is -2.66. The maximum absolute atomic E-state index is 6.84. The van der Waals surface area contributed by atoms with Gasteiger partial charge in [-0.15, -0.1) is 0 Å². The standard InChI is InChI=1S/C34H56O9Si/c1-5-35-16-17-36-18-19-37-20-21-38-22-23-39-24-25-40-26-27-41-28-29-42-30-31-43-44(34(2,3)4,32-12-8-6-9-13-32)33-14-10-7-11-15-33/h6-15H,5,16-31H2,1-4H3. The molecule has 10 heteroatoms. The van der Waals surface area contributed by atoms with Crippen molar-refractivity contribution in [3.05, 3.63) is 60.7 Å². The van der Waals surface area contributed by atoms with Gasteiger partial charge in [-0.1, -0.05) is 81.4 Å². The highest BCUT2D eigenvalue weighted by Crippen LogP contribution is 2.36. The summed E-state index contributed by atoms with van der Waals surface area (Å²) in [4.78, 5) is 0. The summed E-state index contributed by atoms with van der Waals surface area (Å²) >= 11 is 0. The van der Waals surface area contributed by atoms with Crippen LogP contribution < -0.4 is 10.4 Å². The van der Waals surface area contributed by atoms with E-state index in [9.17, 15) is 0 Å². The van der Waals surface area contributed by atoms with Gasteiger partial charge in [-0.05, 0) is 22.3 Å². The fraction of sp³-hybridized carbons (Fsp3) is 0.647. The van der Waals surface area contributed by atoms with Gasteiger partial charge in [-0.3, -0.25) is 0 Å². The average Bonchev–Trinajstić information content (AvgIpc) is 3.03. The van der Waals surface area contributed by atoms with Crippen LogP contribution in [-0.2, 0) is 42.3 Å². The molecule has 0 aliphatic heterocycles. The first-order chi connectivity index (χ1) is 21.5. The van der Waals surface area contributed by atoms with Gasteiger partial charge in [-0.25, -0.2) is 0 Å². The van der Waals surface area contributed by atoms with Crippen molar-refractivity contribution in [1.29, 1.82) is 0 Å². The summed E-state index contributed by atoms with van der Waals surface area (Å²) in [7, 11) is -2.53. The first kappa shape index (κ1) is 38.5. The Kier molecular flexibility index (Phi) is 21.4. The minimum Gasteiger partial charge on any atom is -0.405 e. The van der Waals surface area contributed by atoms with Crippen LogP contribution in [0.4, 0.5) is 0 Å². The molecule has 0 spiro atoms. The predicted octanol–water partition coefficient (Wildman–Crippen LogP) is 3.72. The number of hydrogen-bond donors (Lipinski definition) is 0.